The first kappa shape index (κ1) is 27.6. The number of benzene rings is 3. The summed E-state index contributed by atoms with van der Waals surface area (Å²) in [5.41, 5.74) is 3.49. The number of ether oxygens (including phenoxy) is 1. The summed E-state index contributed by atoms with van der Waals surface area (Å²) < 4.78 is 5.78. The molecule has 1 aliphatic heterocycles. The lowest BCUT2D eigenvalue weighted by molar-refractivity contribution is -0.150. The number of hydrogen-bond donors (Lipinski definition) is 1. The first-order valence-electron chi connectivity index (χ1n) is 12.3. The van der Waals surface area contributed by atoms with E-state index >= 15 is 0 Å². The van der Waals surface area contributed by atoms with E-state index in [0.717, 1.165) is 5.56 Å². The molecule has 0 spiro atoms. The molecule has 1 aliphatic rings. The van der Waals surface area contributed by atoms with Crippen molar-refractivity contribution in [2.24, 2.45) is 0 Å². The SMILES string of the molecule is Cc1ccccc1C(=O)Nc1ccc(C(=O)N2CCCC(OC(=O)CN(C)C)c3cc(Cl)ccc32)cc1Cl. The van der Waals surface area contributed by atoms with E-state index in [9.17, 15) is 14.4 Å². The summed E-state index contributed by atoms with van der Waals surface area (Å²) in [6, 6.07) is 17.3. The molecule has 2 amide bonds. The molecule has 0 aromatic heterocycles. The summed E-state index contributed by atoms with van der Waals surface area (Å²) in [7, 11) is 3.59. The van der Waals surface area contributed by atoms with Crippen molar-refractivity contribution in [2.45, 2.75) is 25.9 Å². The van der Waals surface area contributed by atoms with E-state index in [-0.39, 0.29) is 29.4 Å². The van der Waals surface area contributed by atoms with Gasteiger partial charge in [-0.1, -0.05) is 41.4 Å². The van der Waals surface area contributed by atoms with Crippen LogP contribution in [0.2, 0.25) is 10.0 Å². The highest BCUT2D eigenvalue weighted by molar-refractivity contribution is 6.34. The fourth-order valence-electron chi connectivity index (χ4n) is 4.45. The second-order valence-electron chi connectivity index (χ2n) is 9.48. The van der Waals surface area contributed by atoms with Crippen LogP contribution in [0.15, 0.2) is 60.7 Å². The molecular formula is C29H29Cl2N3O4. The van der Waals surface area contributed by atoms with E-state index in [1.807, 2.05) is 19.1 Å². The van der Waals surface area contributed by atoms with Crippen molar-refractivity contribution in [2.75, 3.05) is 37.4 Å². The van der Waals surface area contributed by atoms with Crippen LogP contribution in [-0.4, -0.2) is 49.9 Å². The molecular weight excluding hydrogens is 525 g/mol. The molecule has 9 heteroatoms. The number of nitrogens with zero attached hydrogens (tertiary/aromatic N) is 2. The molecule has 3 aromatic carbocycles. The molecule has 38 heavy (non-hydrogen) atoms. The van der Waals surface area contributed by atoms with E-state index in [1.54, 1.807) is 72.4 Å². The zero-order valence-electron chi connectivity index (χ0n) is 21.5. The molecule has 1 heterocycles. The molecule has 0 bridgehead atoms. The van der Waals surface area contributed by atoms with Crippen LogP contribution in [0.5, 0.6) is 0 Å². The van der Waals surface area contributed by atoms with Crippen LogP contribution < -0.4 is 10.2 Å². The minimum Gasteiger partial charge on any atom is -0.456 e. The molecule has 0 fully saturated rings. The van der Waals surface area contributed by atoms with Crippen LogP contribution in [0.1, 0.15) is 50.8 Å². The van der Waals surface area contributed by atoms with Gasteiger partial charge in [-0.3, -0.25) is 19.3 Å². The Bertz CT molecular complexity index is 1380. The number of amides is 2. The van der Waals surface area contributed by atoms with Crippen LogP contribution in [0.4, 0.5) is 11.4 Å². The lowest BCUT2D eigenvalue weighted by Crippen LogP contribution is -2.31. The van der Waals surface area contributed by atoms with E-state index < -0.39 is 6.10 Å². The van der Waals surface area contributed by atoms with Crippen molar-refractivity contribution in [3.05, 3.63) is 93.0 Å². The number of hydrogen-bond acceptors (Lipinski definition) is 5. The van der Waals surface area contributed by atoms with Gasteiger partial charge >= 0.3 is 5.97 Å². The van der Waals surface area contributed by atoms with Gasteiger partial charge in [0.05, 0.1) is 22.9 Å². The summed E-state index contributed by atoms with van der Waals surface area (Å²) in [6.45, 7) is 2.44. The number of anilines is 2. The number of likely N-dealkylation sites (N-methyl/N-ethyl adjacent to an activating group) is 1. The maximum absolute atomic E-state index is 13.7. The highest BCUT2D eigenvalue weighted by Gasteiger charge is 2.30. The van der Waals surface area contributed by atoms with Gasteiger partial charge in [0, 0.05) is 28.3 Å². The lowest BCUT2D eigenvalue weighted by atomic mass is 10.0. The van der Waals surface area contributed by atoms with Crippen molar-refractivity contribution in [1.82, 2.24) is 4.90 Å². The summed E-state index contributed by atoms with van der Waals surface area (Å²) in [5, 5.41) is 3.56. The number of rotatable bonds is 6. The second kappa shape index (κ2) is 12.0. The van der Waals surface area contributed by atoms with E-state index in [2.05, 4.69) is 5.32 Å². The third-order valence-electron chi connectivity index (χ3n) is 6.29. The first-order chi connectivity index (χ1) is 18.1. The lowest BCUT2D eigenvalue weighted by Gasteiger charge is -2.25. The third kappa shape index (κ3) is 6.35. The minimum atomic E-state index is -0.517. The Kier molecular flexibility index (Phi) is 8.72. The highest BCUT2D eigenvalue weighted by atomic mass is 35.5. The smallest absolute Gasteiger partial charge is 0.320 e. The van der Waals surface area contributed by atoms with Crippen molar-refractivity contribution in [1.29, 1.82) is 0 Å². The zero-order chi connectivity index (χ0) is 27.4. The summed E-state index contributed by atoms with van der Waals surface area (Å²) in [5.74, 6) is -0.884. The number of carbonyl (C=O) groups excluding carboxylic acids is 3. The number of esters is 1. The average molecular weight is 554 g/mol. The van der Waals surface area contributed by atoms with Crippen molar-refractivity contribution in [3.8, 4) is 0 Å². The summed E-state index contributed by atoms with van der Waals surface area (Å²) in [6.07, 6.45) is 0.661. The summed E-state index contributed by atoms with van der Waals surface area (Å²) >= 11 is 12.8. The molecule has 4 rings (SSSR count). The molecule has 0 saturated carbocycles. The van der Waals surface area contributed by atoms with Gasteiger partial charge in [0.15, 0.2) is 0 Å². The molecule has 0 saturated heterocycles. The number of halogens is 2. The standard InChI is InChI=1S/C29H29Cl2N3O4/c1-18-7-4-5-8-21(18)28(36)32-24-12-10-19(15-23(24)31)29(37)34-14-6-9-26(38-27(35)17-33(2)3)22-16-20(30)11-13-25(22)34/h4-5,7-8,10-13,15-16,26H,6,9,14,17H2,1-3H3,(H,32,36). The Labute approximate surface area is 232 Å². The molecule has 1 unspecified atom stereocenters. The minimum absolute atomic E-state index is 0.153. The van der Waals surface area contributed by atoms with Crippen LogP contribution in [0.3, 0.4) is 0 Å². The highest BCUT2D eigenvalue weighted by Crippen LogP contribution is 2.38. The number of fused-ring (bicyclic) bond motifs is 1. The molecule has 1 N–H and O–H groups in total. The van der Waals surface area contributed by atoms with Gasteiger partial charge in [0.25, 0.3) is 11.8 Å². The summed E-state index contributed by atoms with van der Waals surface area (Å²) in [4.78, 5) is 42.2. The average Bonchev–Trinajstić information content (AvgIpc) is 3.03. The number of aryl methyl sites for hydroxylation is 1. The van der Waals surface area contributed by atoms with Gasteiger partial charge < -0.3 is 15.0 Å². The third-order valence-corrected chi connectivity index (χ3v) is 6.84. The van der Waals surface area contributed by atoms with Gasteiger partial charge in [-0.05, 0) is 81.9 Å². The quantitative estimate of drug-likeness (QED) is 0.371. The number of carbonyl (C=O) groups is 3. The maximum atomic E-state index is 13.7. The molecule has 198 valence electrons. The van der Waals surface area contributed by atoms with Gasteiger partial charge in [-0.15, -0.1) is 0 Å². The maximum Gasteiger partial charge on any atom is 0.320 e. The first-order valence-corrected chi connectivity index (χ1v) is 13.0. The fourth-order valence-corrected chi connectivity index (χ4v) is 4.86. The van der Waals surface area contributed by atoms with E-state index in [0.29, 0.717) is 52.5 Å². The predicted octanol–water partition coefficient (Wildman–Crippen LogP) is 6.14. The van der Waals surface area contributed by atoms with Gasteiger partial charge in [0.2, 0.25) is 0 Å². The molecule has 0 radical (unpaired) electrons. The van der Waals surface area contributed by atoms with Gasteiger partial charge in [-0.25, -0.2) is 0 Å². The molecule has 3 aromatic rings. The monoisotopic (exact) mass is 553 g/mol. The van der Waals surface area contributed by atoms with Crippen LogP contribution in [0.25, 0.3) is 0 Å². The van der Waals surface area contributed by atoms with Crippen molar-refractivity contribution >= 4 is 52.4 Å². The predicted molar refractivity (Wildman–Crippen MR) is 150 cm³/mol. The Morgan fingerprint density at radius 3 is 2.53 bits per heavy atom. The normalized spacial score (nSPS) is 15.0. The molecule has 0 aliphatic carbocycles. The topological polar surface area (TPSA) is 79.0 Å². The zero-order valence-corrected chi connectivity index (χ0v) is 23.0. The fraction of sp³-hybridized carbons (Fsp3) is 0.276. The van der Waals surface area contributed by atoms with E-state index in [1.165, 1.54) is 0 Å². The van der Waals surface area contributed by atoms with Gasteiger partial charge in [-0.2, -0.15) is 0 Å². The van der Waals surface area contributed by atoms with E-state index in [4.69, 9.17) is 27.9 Å². The Hall–Kier alpha value is -3.39. The Morgan fingerprint density at radius 2 is 1.82 bits per heavy atom. The Balaban J connectivity index is 1.58. The molecule has 7 nitrogen and oxygen atoms in total. The largest absolute Gasteiger partial charge is 0.456 e. The van der Waals surface area contributed by atoms with Crippen LogP contribution in [0, 0.1) is 6.92 Å². The van der Waals surface area contributed by atoms with Crippen LogP contribution >= 0.6 is 23.2 Å². The Morgan fingerprint density at radius 1 is 1.05 bits per heavy atom. The molecule has 1 atom stereocenters. The van der Waals surface area contributed by atoms with Crippen LogP contribution in [-0.2, 0) is 9.53 Å². The van der Waals surface area contributed by atoms with Crippen molar-refractivity contribution in [3.63, 3.8) is 0 Å². The van der Waals surface area contributed by atoms with Gasteiger partial charge in [0.1, 0.15) is 6.10 Å². The van der Waals surface area contributed by atoms with Crippen molar-refractivity contribution < 1.29 is 19.1 Å². The number of nitrogens with one attached hydrogen (secondary N) is 1. The second-order valence-corrected chi connectivity index (χ2v) is 10.3.